The van der Waals surface area contributed by atoms with Crippen molar-refractivity contribution >= 4 is 33.5 Å². The van der Waals surface area contributed by atoms with E-state index in [1.807, 2.05) is 49.4 Å². The van der Waals surface area contributed by atoms with Crippen LogP contribution in [0.2, 0.25) is 0 Å². The summed E-state index contributed by atoms with van der Waals surface area (Å²) >= 11 is 1.57. The Morgan fingerprint density at radius 3 is 2.85 bits per heavy atom. The van der Waals surface area contributed by atoms with E-state index in [0.717, 1.165) is 38.7 Å². The van der Waals surface area contributed by atoms with E-state index >= 15 is 0 Å². The fourth-order valence-electron chi connectivity index (χ4n) is 3.03. The summed E-state index contributed by atoms with van der Waals surface area (Å²) in [4.78, 5) is 16.9. The van der Waals surface area contributed by atoms with Crippen molar-refractivity contribution in [1.82, 2.24) is 10.3 Å². The molecule has 138 valence electrons. The number of hydrogen-bond donors (Lipinski definition) is 1. The van der Waals surface area contributed by atoms with Crippen LogP contribution in [0.1, 0.15) is 30.0 Å². The second kappa shape index (κ2) is 7.80. The zero-order valence-electron chi connectivity index (χ0n) is 15.0. The first kappa shape index (κ1) is 17.5. The molecule has 0 radical (unpaired) electrons. The van der Waals surface area contributed by atoms with E-state index in [4.69, 9.17) is 9.47 Å². The average Bonchev–Trinajstić information content (AvgIpc) is 3.13. The minimum atomic E-state index is -0.143. The van der Waals surface area contributed by atoms with Crippen LogP contribution in [0, 0.1) is 0 Å². The van der Waals surface area contributed by atoms with Crippen LogP contribution in [0.3, 0.4) is 0 Å². The molecule has 0 bridgehead atoms. The highest BCUT2D eigenvalue weighted by molar-refractivity contribution is 7.19. The second-order valence-electron chi connectivity index (χ2n) is 6.23. The Morgan fingerprint density at radius 2 is 2.04 bits per heavy atom. The summed E-state index contributed by atoms with van der Waals surface area (Å²) in [5, 5.41) is 3.87. The Hall–Kier alpha value is -2.86. The monoisotopic (exact) mass is 380 g/mol. The zero-order chi connectivity index (χ0) is 18.6. The van der Waals surface area contributed by atoms with Crippen LogP contribution in [0.25, 0.3) is 16.3 Å². The number of carbonyl (C=O) groups is 1. The smallest absolute Gasteiger partial charge is 0.244 e. The molecule has 1 amide bonds. The van der Waals surface area contributed by atoms with Crippen molar-refractivity contribution in [2.75, 3.05) is 13.2 Å². The predicted octanol–water partition coefficient (Wildman–Crippen LogP) is 4.35. The quantitative estimate of drug-likeness (QED) is 0.669. The Morgan fingerprint density at radius 1 is 1.22 bits per heavy atom. The molecule has 3 aromatic rings. The molecule has 2 aromatic carbocycles. The molecule has 0 fully saturated rings. The van der Waals surface area contributed by atoms with Crippen molar-refractivity contribution < 1.29 is 14.3 Å². The summed E-state index contributed by atoms with van der Waals surface area (Å²) in [7, 11) is 0. The largest absolute Gasteiger partial charge is 0.486 e. The lowest BCUT2D eigenvalue weighted by Crippen LogP contribution is -2.26. The van der Waals surface area contributed by atoms with Gasteiger partial charge in [-0.25, -0.2) is 4.98 Å². The molecule has 2 heterocycles. The number of carbonyl (C=O) groups excluding carboxylic acids is 1. The lowest BCUT2D eigenvalue weighted by Gasteiger charge is -2.22. The van der Waals surface area contributed by atoms with Crippen LogP contribution >= 0.6 is 11.3 Å². The van der Waals surface area contributed by atoms with Gasteiger partial charge in [0.2, 0.25) is 5.91 Å². The molecule has 0 aliphatic carbocycles. The zero-order valence-corrected chi connectivity index (χ0v) is 15.8. The van der Waals surface area contributed by atoms with Crippen molar-refractivity contribution in [3.8, 4) is 11.5 Å². The van der Waals surface area contributed by atoms with Gasteiger partial charge >= 0.3 is 0 Å². The highest BCUT2D eigenvalue weighted by atomic mass is 32.1. The van der Waals surface area contributed by atoms with Crippen molar-refractivity contribution in [3.05, 3.63) is 59.1 Å². The van der Waals surface area contributed by atoms with Gasteiger partial charge in [0.05, 0.1) is 16.3 Å². The molecular formula is C21H20N2O3S. The maximum Gasteiger partial charge on any atom is 0.244 e. The molecule has 0 spiro atoms. The van der Waals surface area contributed by atoms with E-state index in [1.165, 1.54) is 0 Å². The first-order valence-electron chi connectivity index (χ1n) is 8.96. The molecule has 1 N–H and O–H groups in total. The van der Waals surface area contributed by atoms with Gasteiger partial charge in [-0.2, -0.15) is 0 Å². The summed E-state index contributed by atoms with van der Waals surface area (Å²) in [6, 6.07) is 13.7. The third kappa shape index (κ3) is 3.95. The topological polar surface area (TPSA) is 60.5 Å². The number of benzene rings is 2. The standard InChI is InChI=1S/C21H20N2O3S/c1-2-15(14-7-8-17-18(13-14)26-12-11-25-17)22-20(24)9-10-21-23-16-5-3-4-6-19(16)27-21/h3-10,13,15H,2,11-12H2,1H3,(H,22,24). The Kier molecular flexibility index (Phi) is 5.07. The summed E-state index contributed by atoms with van der Waals surface area (Å²) in [6.45, 7) is 3.15. The van der Waals surface area contributed by atoms with E-state index in [1.54, 1.807) is 23.5 Å². The Bertz CT molecular complexity index is 963. The number of aromatic nitrogens is 1. The number of fused-ring (bicyclic) bond motifs is 2. The van der Waals surface area contributed by atoms with E-state index in [9.17, 15) is 4.79 Å². The number of ether oxygens (including phenoxy) is 2. The second-order valence-corrected chi connectivity index (χ2v) is 7.29. The molecule has 1 aliphatic heterocycles. The van der Waals surface area contributed by atoms with Crippen molar-refractivity contribution in [2.24, 2.45) is 0 Å². The van der Waals surface area contributed by atoms with Crippen LogP contribution in [-0.4, -0.2) is 24.1 Å². The van der Waals surface area contributed by atoms with Gasteiger partial charge in [-0.1, -0.05) is 25.1 Å². The van der Waals surface area contributed by atoms with Crippen LogP contribution in [-0.2, 0) is 4.79 Å². The lowest BCUT2D eigenvalue weighted by atomic mass is 10.0. The molecule has 0 saturated heterocycles. The van der Waals surface area contributed by atoms with Crippen LogP contribution < -0.4 is 14.8 Å². The Labute approximate surface area is 161 Å². The number of thiazole rings is 1. The van der Waals surface area contributed by atoms with Crippen molar-refractivity contribution in [2.45, 2.75) is 19.4 Å². The highest BCUT2D eigenvalue weighted by Crippen LogP contribution is 2.33. The summed E-state index contributed by atoms with van der Waals surface area (Å²) in [6.07, 6.45) is 4.08. The minimum absolute atomic E-state index is 0.0895. The summed E-state index contributed by atoms with van der Waals surface area (Å²) < 4.78 is 12.3. The van der Waals surface area contributed by atoms with Crippen LogP contribution in [0.5, 0.6) is 11.5 Å². The number of nitrogens with zero attached hydrogens (tertiary/aromatic N) is 1. The van der Waals surface area contributed by atoms with Gasteiger partial charge in [0.25, 0.3) is 0 Å². The third-order valence-corrected chi connectivity index (χ3v) is 5.38. The normalized spacial score (nSPS) is 14.4. The predicted molar refractivity (Wildman–Crippen MR) is 107 cm³/mol. The summed E-state index contributed by atoms with van der Waals surface area (Å²) in [5.74, 6) is 1.34. The number of rotatable bonds is 5. The molecule has 1 aliphatic rings. The maximum absolute atomic E-state index is 12.4. The van der Waals surface area contributed by atoms with Crippen LogP contribution in [0.4, 0.5) is 0 Å². The molecule has 1 atom stereocenters. The number of amides is 1. The van der Waals surface area contributed by atoms with Crippen LogP contribution in [0.15, 0.2) is 48.5 Å². The first-order valence-corrected chi connectivity index (χ1v) is 9.78. The molecule has 4 rings (SSSR count). The Balaban J connectivity index is 1.45. The third-order valence-electron chi connectivity index (χ3n) is 4.38. The van der Waals surface area contributed by atoms with Gasteiger partial charge in [-0.15, -0.1) is 11.3 Å². The van der Waals surface area contributed by atoms with Gasteiger partial charge in [-0.05, 0) is 42.3 Å². The fraction of sp³-hybridized carbons (Fsp3) is 0.238. The van der Waals surface area contributed by atoms with E-state index in [-0.39, 0.29) is 11.9 Å². The summed E-state index contributed by atoms with van der Waals surface area (Å²) in [5.41, 5.74) is 1.95. The molecule has 1 aromatic heterocycles. The number of hydrogen-bond acceptors (Lipinski definition) is 5. The van der Waals surface area contributed by atoms with Gasteiger partial charge in [0, 0.05) is 6.08 Å². The van der Waals surface area contributed by atoms with Gasteiger partial charge in [0.1, 0.15) is 18.2 Å². The van der Waals surface area contributed by atoms with Gasteiger partial charge in [0.15, 0.2) is 11.5 Å². The minimum Gasteiger partial charge on any atom is -0.486 e. The average molecular weight is 380 g/mol. The molecular weight excluding hydrogens is 360 g/mol. The lowest BCUT2D eigenvalue weighted by molar-refractivity contribution is -0.117. The number of nitrogens with one attached hydrogen (secondary N) is 1. The maximum atomic E-state index is 12.4. The molecule has 5 nitrogen and oxygen atoms in total. The van der Waals surface area contributed by atoms with E-state index in [0.29, 0.717) is 13.2 Å². The van der Waals surface area contributed by atoms with Gasteiger partial charge in [-0.3, -0.25) is 4.79 Å². The number of para-hydroxylation sites is 1. The SMILES string of the molecule is CCC(NC(=O)C=Cc1nc2ccccc2s1)c1ccc2c(c1)OCCO2. The van der Waals surface area contributed by atoms with Crippen molar-refractivity contribution in [3.63, 3.8) is 0 Å². The van der Waals surface area contributed by atoms with E-state index in [2.05, 4.69) is 10.3 Å². The van der Waals surface area contributed by atoms with E-state index < -0.39 is 0 Å². The molecule has 6 heteroatoms. The molecule has 0 saturated carbocycles. The molecule has 27 heavy (non-hydrogen) atoms. The highest BCUT2D eigenvalue weighted by Gasteiger charge is 2.17. The van der Waals surface area contributed by atoms with Gasteiger partial charge < -0.3 is 14.8 Å². The molecule has 1 unspecified atom stereocenters. The first-order chi connectivity index (χ1) is 13.2. The fourth-order valence-corrected chi connectivity index (χ4v) is 3.90. The van der Waals surface area contributed by atoms with Crippen molar-refractivity contribution in [1.29, 1.82) is 0 Å².